The molecule has 1 saturated carbocycles. The Hall–Kier alpha value is -3.20. The molecule has 1 aliphatic carbocycles. The van der Waals surface area contributed by atoms with Crippen LogP contribution in [0.1, 0.15) is 19.3 Å². The molecule has 38 heavy (non-hydrogen) atoms. The number of amides is 1. The van der Waals surface area contributed by atoms with Gasteiger partial charge in [0.25, 0.3) is 0 Å². The van der Waals surface area contributed by atoms with Gasteiger partial charge in [-0.25, -0.2) is 9.78 Å². The molecule has 0 unspecified atom stereocenters. The Labute approximate surface area is 224 Å². The molecular weight excluding hydrogens is 498 g/mol. The summed E-state index contributed by atoms with van der Waals surface area (Å²) in [5.74, 6) is 0. The Morgan fingerprint density at radius 3 is 2.68 bits per heavy atom. The number of carboxylic acid groups (broad SMARTS) is 1. The predicted molar refractivity (Wildman–Crippen MR) is 147 cm³/mol. The predicted octanol–water partition coefficient (Wildman–Crippen LogP) is 4.28. The molecule has 3 aromatic rings. The molecule has 2 fully saturated rings. The number of ether oxygens (including phenoxy) is 1. The first-order valence-electron chi connectivity index (χ1n) is 13.4. The molecule has 202 valence electrons. The van der Waals surface area contributed by atoms with Gasteiger partial charge in [0.2, 0.25) is 0 Å². The zero-order valence-electron chi connectivity index (χ0n) is 22.5. The number of nitriles is 1. The monoisotopic (exact) mass is 535 g/mol. The van der Waals surface area contributed by atoms with E-state index in [1.54, 1.807) is 0 Å². The van der Waals surface area contributed by atoms with Crippen molar-refractivity contribution in [3.63, 3.8) is 0 Å². The van der Waals surface area contributed by atoms with Crippen LogP contribution in [-0.2, 0) is 17.0 Å². The zero-order chi connectivity index (χ0) is 26.9. The Bertz CT molecular complexity index is 1320. The van der Waals surface area contributed by atoms with Crippen LogP contribution in [-0.4, -0.2) is 87.2 Å². The van der Waals surface area contributed by atoms with E-state index in [4.69, 9.17) is 9.84 Å². The van der Waals surface area contributed by atoms with Gasteiger partial charge in [-0.05, 0) is 36.6 Å². The number of piperazine rings is 1. The highest BCUT2D eigenvalue weighted by atomic mass is 28.3. The summed E-state index contributed by atoms with van der Waals surface area (Å²) >= 11 is 0. The Morgan fingerprint density at radius 1 is 1.24 bits per heavy atom. The third kappa shape index (κ3) is 5.34. The first-order valence-corrected chi connectivity index (χ1v) is 17.1. The van der Waals surface area contributed by atoms with Gasteiger partial charge in [-0.1, -0.05) is 19.6 Å². The van der Waals surface area contributed by atoms with E-state index < -0.39 is 14.2 Å². The Morgan fingerprint density at radius 2 is 2.00 bits per heavy atom. The second-order valence-corrected chi connectivity index (χ2v) is 17.5. The van der Waals surface area contributed by atoms with Crippen molar-refractivity contribution in [3.8, 4) is 17.2 Å². The normalized spacial score (nSPS) is 22.4. The second-order valence-electron chi connectivity index (χ2n) is 11.8. The fraction of sp³-hybridized carbons (Fsp3) is 0.556. The molecule has 1 aliphatic heterocycles. The SMILES string of the molecule is C[Si](C)(C)CCOCn1ccc2c(-c3cnn([C@]4(CC#N)C[C@H](N5CCN(C(=O)O)CC5)C4)c3)ccnc21. The quantitative estimate of drug-likeness (QED) is 0.321. The lowest BCUT2D eigenvalue weighted by Gasteiger charge is -2.52. The van der Waals surface area contributed by atoms with Crippen LogP contribution in [0.5, 0.6) is 0 Å². The van der Waals surface area contributed by atoms with Crippen LogP contribution in [0.3, 0.4) is 0 Å². The summed E-state index contributed by atoms with van der Waals surface area (Å²) in [6, 6.07) is 7.95. The van der Waals surface area contributed by atoms with E-state index in [-0.39, 0.29) is 5.54 Å². The van der Waals surface area contributed by atoms with Crippen molar-refractivity contribution in [3.05, 3.63) is 36.9 Å². The minimum absolute atomic E-state index is 0.329. The largest absolute Gasteiger partial charge is 0.465 e. The van der Waals surface area contributed by atoms with Crippen LogP contribution in [0.2, 0.25) is 25.7 Å². The summed E-state index contributed by atoms with van der Waals surface area (Å²) in [4.78, 5) is 19.7. The standard InChI is InChI=1S/C27H37N7O3Si/c1-38(2,3)15-14-37-20-33-9-5-24-23(4-8-29-25(24)33)21-18-30-34(19-21)27(6-7-28)16-22(17-27)31-10-12-32(13-11-31)26(35)36/h4-5,8-9,18-19,22H,6,10-17,20H2,1-3H3,(H,35,36)/t22-,27+. The molecule has 11 heteroatoms. The highest BCUT2D eigenvalue weighted by Gasteiger charge is 2.49. The summed E-state index contributed by atoms with van der Waals surface area (Å²) < 4.78 is 9.99. The summed E-state index contributed by atoms with van der Waals surface area (Å²) in [5.41, 5.74) is 2.63. The van der Waals surface area contributed by atoms with Gasteiger partial charge in [-0.15, -0.1) is 0 Å². The van der Waals surface area contributed by atoms with Crippen molar-refractivity contribution in [2.45, 2.75) is 63.3 Å². The fourth-order valence-corrected chi connectivity index (χ4v) is 6.38. The van der Waals surface area contributed by atoms with Crippen molar-refractivity contribution < 1.29 is 14.6 Å². The number of pyridine rings is 1. The third-order valence-corrected chi connectivity index (χ3v) is 9.71. The number of nitrogens with zero attached hydrogens (tertiary/aromatic N) is 7. The summed E-state index contributed by atoms with van der Waals surface area (Å²) in [5, 5.41) is 24.6. The van der Waals surface area contributed by atoms with Gasteiger partial charge in [0.1, 0.15) is 12.4 Å². The molecule has 10 nitrogen and oxygen atoms in total. The zero-order valence-corrected chi connectivity index (χ0v) is 23.5. The van der Waals surface area contributed by atoms with Crippen molar-refractivity contribution >= 4 is 25.2 Å². The molecule has 4 heterocycles. The molecule has 1 saturated heterocycles. The number of hydrogen-bond donors (Lipinski definition) is 1. The molecule has 2 aliphatic rings. The summed E-state index contributed by atoms with van der Waals surface area (Å²) in [6.45, 7) is 10.8. The number of aromatic nitrogens is 4. The van der Waals surface area contributed by atoms with Gasteiger partial charge in [0.15, 0.2) is 0 Å². The maximum absolute atomic E-state index is 11.2. The van der Waals surface area contributed by atoms with E-state index in [9.17, 15) is 15.2 Å². The van der Waals surface area contributed by atoms with Crippen molar-refractivity contribution in [2.75, 3.05) is 32.8 Å². The van der Waals surface area contributed by atoms with Gasteiger partial charge < -0.3 is 19.3 Å². The molecular formula is C27H37N7O3Si. The number of fused-ring (bicyclic) bond motifs is 1. The average Bonchev–Trinajstić information content (AvgIpc) is 3.51. The summed E-state index contributed by atoms with van der Waals surface area (Å²) in [7, 11) is -1.13. The molecule has 0 radical (unpaired) electrons. The first-order chi connectivity index (χ1) is 18.2. The third-order valence-electron chi connectivity index (χ3n) is 8.01. The van der Waals surface area contributed by atoms with Gasteiger partial charge in [0, 0.05) is 76.4 Å². The molecule has 0 bridgehead atoms. The average molecular weight is 536 g/mol. The topological polar surface area (TPSA) is 112 Å². The number of rotatable bonds is 9. The second kappa shape index (κ2) is 10.5. The van der Waals surface area contributed by atoms with Crippen LogP contribution >= 0.6 is 0 Å². The van der Waals surface area contributed by atoms with Gasteiger partial charge in [-0.2, -0.15) is 10.4 Å². The van der Waals surface area contributed by atoms with E-state index in [0.29, 0.717) is 32.3 Å². The lowest BCUT2D eigenvalue weighted by molar-refractivity contribution is -0.0157. The van der Waals surface area contributed by atoms with E-state index in [2.05, 4.69) is 47.9 Å². The van der Waals surface area contributed by atoms with Gasteiger partial charge >= 0.3 is 6.09 Å². The minimum atomic E-state index is -1.13. The number of hydrogen-bond acceptors (Lipinski definition) is 6. The molecule has 1 amide bonds. The van der Waals surface area contributed by atoms with Crippen molar-refractivity contribution in [1.29, 1.82) is 5.26 Å². The summed E-state index contributed by atoms with van der Waals surface area (Å²) in [6.07, 6.45) is 9.03. The molecule has 0 spiro atoms. The van der Waals surface area contributed by atoms with Gasteiger partial charge in [0.05, 0.1) is 24.2 Å². The van der Waals surface area contributed by atoms with Crippen LogP contribution < -0.4 is 0 Å². The smallest absolute Gasteiger partial charge is 0.407 e. The van der Waals surface area contributed by atoms with E-state index in [1.165, 1.54) is 4.90 Å². The maximum Gasteiger partial charge on any atom is 0.407 e. The fourth-order valence-electron chi connectivity index (χ4n) is 5.62. The van der Waals surface area contributed by atoms with Crippen LogP contribution in [0, 0.1) is 11.3 Å². The van der Waals surface area contributed by atoms with Crippen molar-refractivity contribution in [2.24, 2.45) is 0 Å². The van der Waals surface area contributed by atoms with Crippen LogP contribution in [0.25, 0.3) is 22.2 Å². The molecule has 3 aromatic heterocycles. The molecule has 5 rings (SSSR count). The lowest BCUT2D eigenvalue weighted by atomic mass is 9.70. The van der Waals surface area contributed by atoms with E-state index >= 15 is 0 Å². The van der Waals surface area contributed by atoms with Crippen LogP contribution in [0.15, 0.2) is 36.9 Å². The Balaban J connectivity index is 1.28. The van der Waals surface area contributed by atoms with Gasteiger partial charge in [-0.3, -0.25) is 9.58 Å². The highest BCUT2D eigenvalue weighted by molar-refractivity contribution is 6.76. The molecule has 0 aromatic carbocycles. The Kier molecular flexibility index (Phi) is 7.31. The first kappa shape index (κ1) is 26.4. The van der Waals surface area contributed by atoms with Crippen LogP contribution in [0.4, 0.5) is 4.79 Å². The minimum Gasteiger partial charge on any atom is -0.465 e. The maximum atomic E-state index is 11.2. The molecule has 1 N–H and O–H groups in total. The lowest BCUT2D eigenvalue weighted by Crippen LogP contribution is -2.60. The molecule has 0 atom stereocenters. The van der Waals surface area contributed by atoms with Crippen molar-refractivity contribution in [1.82, 2.24) is 29.1 Å². The van der Waals surface area contributed by atoms with E-state index in [1.807, 2.05) is 33.9 Å². The number of carbonyl (C=O) groups is 1. The van der Waals surface area contributed by atoms with E-state index in [0.717, 1.165) is 60.7 Å². The highest BCUT2D eigenvalue weighted by Crippen LogP contribution is 2.45.